The zero-order valence-corrected chi connectivity index (χ0v) is 15.9. The number of rotatable bonds is 10. The molecule has 1 saturated heterocycles. The van der Waals surface area contributed by atoms with Crippen LogP contribution >= 0.6 is 0 Å². The van der Waals surface area contributed by atoms with Crippen LogP contribution in [0.1, 0.15) is 31.2 Å². The monoisotopic (exact) mass is 355 g/mol. The van der Waals surface area contributed by atoms with E-state index in [1.165, 1.54) is 17.0 Å². The molecular weight excluding hydrogens is 322 g/mol. The summed E-state index contributed by atoms with van der Waals surface area (Å²) < 4.78 is 0. The molecule has 5 nitrogen and oxygen atoms in total. The van der Waals surface area contributed by atoms with E-state index in [1.807, 2.05) is 0 Å². The average molecular weight is 356 g/mol. The van der Waals surface area contributed by atoms with Crippen molar-refractivity contribution < 1.29 is 0 Å². The average Bonchev–Trinajstić information content (AvgIpc) is 2.65. The highest BCUT2D eigenvalue weighted by molar-refractivity contribution is 5.75. The number of hydrogen-bond donors (Lipinski definition) is 2. The number of piperazine rings is 1. The predicted octanol–water partition coefficient (Wildman–Crippen LogP) is 2.71. The lowest BCUT2D eigenvalue weighted by atomic mass is 10.1. The molecule has 0 radical (unpaired) electrons. The summed E-state index contributed by atoms with van der Waals surface area (Å²) in [5.41, 5.74) is 14.4. The van der Waals surface area contributed by atoms with Gasteiger partial charge in [-0.25, -0.2) is 0 Å². The van der Waals surface area contributed by atoms with E-state index in [9.17, 15) is 0 Å². The summed E-state index contributed by atoms with van der Waals surface area (Å²) in [6.07, 6.45) is 5.27. The number of unbranched alkanes of at least 4 members (excludes halogenated alkanes) is 2. The minimum atomic E-state index is 0.182. The fraction of sp³-hybridized carbons (Fsp3) is 0.476. The third kappa shape index (κ3) is 6.82. The van der Waals surface area contributed by atoms with Gasteiger partial charge in [0.1, 0.15) is 0 Å². The third-order valence-electron chi connectivity index (χ3n) is 4.84. The van der Waals surface area contributed by atoms with Crippen molar-refractivity contribution in [2.24, 2.45) is 16.5 Å². The summed E-state index contributed by atoms with van der Waals surface area (Å²) >= 11 is 0. The number of nitrogens with two attached hydrogens (primary N) is 2. The van der Waals surface area contributed by atoms with Crippen LogP contribution in [0.2, 0.25) is 0 Å². The number of guanidine groups is 1. The van der Waals surface area contributed by atoms with E-state index in [1.54, 1.807) is 0 Å². The molecule has 0 amide bonds. The number of hydrogen-bond acceptors (Lipinski definition) is 3. The SMILES string of the molecule is C=C(CCCCCN=C(N)N)N1CCN(C(=C)Cc2ccccc2)CC1. The maximum Gasteiger partial charge on any atom is 0.185 e. The number of nitrogens with zero attached hydrogens (tertiary/aromatic N) is 3. The summed E-state index contributed by atoms with van der Waals surface area (Å²) in [7, 11) is 0. The minimum absolute atomic E-state index is 0.182. The Labute approximate surface area is 158 Å². The topological polar surface area (TPSA) is 70.9 Å². The van der Waals surface area contributed by atoms with Gasteiger partial charge in [0.2, 0.25) is 0 Å². The first kappa shape index (κ1) is 19.9. The lowest BCUT2D eigenvalue weighted by molar-refractivity contribution is 0.186. The van der Waals surface area contributed by atoms with Gasteiger partial charge in [-0.2, -0.15) is 0 Å². The number of aliphatic imine (C=N–C) groups is 1. The van der Waals surface area contributed by atoms with Crippen molar-refractivity contribution >= 4 is 5.96 Å². The van der Waals surface area contributed by atoms with E-state index < -0.39 is 0 Å². The molecule has 0 bridgehead atoms. The molecule has 0 aliphatic carbocycles. The molecule has 1 aliphatic heterocycles. The van der Waals surface area contributed by atoms with Gasteiger partial charge in [-0.15, -0.1) is 0 Å². The predicted molar refractivity (Wildman–Crippen MR) is 111 cm³/mol. The molecule has 142 valence electrons. The second-order valence-corrected chi connectivity index (χ2v) is 6.89. The van der Waals surface area contributed by atoms with Crippen LogP contribution in [-0.2, 0) is 6.42 Å². The second kappa shape index (κ2) is 10.5. The van der Waals surface area contributed by atoms with Crippen LogP contribution < -0.4 is 11.5 Å². The maximum atomic E-state index is 5.33. The molecule has 1 heterocycles. The lowest BCUT2D eigenvalue weighted by Gasteiger charge is -2.39. The zero-order valence-electron chi connectivity index (χ0n) is 15.9. The molecule has 0 atom stereocenters. The molecule has 1 aromatic carbocycles. The Balaban J connectivity index is 1.63. The highest BCUT2D eigenvalue weighted by Crippen LogP contribution is 2.18. The van der Waals surface area contributed by atoms with Gasteiger partial charge in [-0.1, -0.05) is 49.9 Å². The van der Waals surface area contributed by atoms with Gasteiger partial charge in [-0.05, 0) is 24.8 Å². The normalized spacial score (nSPS) is 14.2. The van der Waals surface area contributed by atoms with Crippen LogP contribution in [0.25, 0.3) is 0 Å². The molecule has 2 rings (SSSR count). The lowest BCUT2D eigenvalue weighted by Crippen LogP contribution is -2.45. The Morgan fingerprint density at radius 3 is 2.12 bits per heavy atom. The molecule has 4 N–H and O–H groups in total. The molecule has 0 saturated carbocycles. The first-order chi connectivity index (χ1) is 12.6. The van der Waals surface area contributed by atoms with Crippen LogP contribution in [0.5, 0.6) is 0 Å². The van der Waals surface area contributed by atoms with Gasteiger partial charge in [0.25, 0.3) is 0 Å². The van der Waals surface area contributed by atoms with Crippen molar-refractivity contribution in [1.29, 1.82) is 0 Å². The molecule has 5 heteroatoms. The van der Waals surface area contributed by atoms with Gasteiger partial charge in [0.15, 0.2) is 5.96 Å². The Morgan fingerprint density at radius 2 is 1.50 bits per heavy atom. The Morgan fingerprint density at radius 1 is 0.885 bits per heavy atom. The molecule has 0 spiro atoms. The van der Waals surface area contributed by atoms with Crippen molar-refractivity contribution in [2.75, 3.05) is 32.7 Å². The standard InChI is InChI=1S/C21H33N5/c1-18(9-5-4-8-12-24-21(22)23)25-13-15-26(16-14-25)19(2)17-20-10-6-3-7-11-20/h3,6-7,10-11H,1-2,4-5,8-9,12-17H2,(H4,22,23,24). The summed E-state index contributed by atoms with van der Waals surface area (Å²) in [5, 5.41) is 0. The van der Waals surface area contributed by atoms with E-state index in [0.717, 1.165) is 64.8 Å². The summed E-state index contributed by atoms with van der Waals surface area (Å²) in [5.74, 6) is 0.182. The molecule has 1 aliphatic rings. The number of benzene rings is 1. The highest BCUT2D eigenvalue weighted by Gasteiger charge is 2.18. The van der Waals surface area contributed by atoms with Gasteiger partial charge in [0.05, 0.1) is 0 Å². The smallest absolute Gasteiger partial charge is 0.185 e. The van der Waals surface area contributed by atoms with E-state index in [2.05, 4.69) is 58.3 Å². The second-order valence-electron chi connectivity index (χ2n) is 6.89. The fourth-order valence-corrected chi connectivity index (χ4v) is 3.27. The highest BCUT2D eigenvalue weighted by atomic mass is 15.3. The largest absolute Gasteiger partial charge is 0.372 e. The first-order valence-corrected chi connectivity index (χ1v) is 9.51. The van der Waals surface area contributed by atoms with E-state index in [4.69, 9.17) is 11.5 Å². The van der Waals surface area contributed by atoms with Crippen molar-refractivity contribution in [3.63, 3.8) is 0 Å². The Bertz CT molecular complexity index is 596. The molecule has 0 aromatic heterocycles. The molecular formula is C21H33N5. The van der Waals surface area contributed by atoms with Gasteiger partial charge >= 0.3 is 0 Å². The van der Waals surface area contributed by atoms with E-state index >= 15 is 0 Å². The van der Waals surface area contributed by atoms with E-state index in [0.29, 0.717) is 0 Å². The van der Waals surface area contributed by atoms with Gasteiger partial charge in [-0.3, -0.25) is 4.99 Å². The molecule has 0 unspecified atom stereocenters. The van der Waals surface area contributed by atoms with Crippen LogP contribution in [0.15, 0.2) is 59.9 Å². The summed E-state index contributed by atoms with van der Waals surface area (Å²) in [6.45, 7) is 13.4. The van der Waals surface area contributed by atoms with Crippen molar-refractivity contribution in [3.8, 4) is 0 Å². The zero-order chi connectivity index (χ0) is 18.8. The molecule has 1 fully saturated rings. The van der Waals surface area contributed by atoms with Gasteiger partial charge in [0, 0.05) is 50.5 Å². The third-order valence-corrected chi connectivity index (χ3v) is 4.84. The van der Waals surface area contributed by atoms with Crippen molar-refractivity contribution in [1.82, 2.24) is 9.80 Å². The number of allylic oxidation sites excluding steroid dienone is 2. The molecule has 1 aromatic rings. The molecule has 26 heavy (non-hydrogen) atoms. The van der Waals surface area contributed by atoms with Crippen LogP contribution in [0, 0.1) is 0 Å². The quantitative estimate of drug-likeness (QED) is 0.385. The first-order valence-electron chi connectivity index (χ1n) is 9.51. The van der Waals surface area contributed by atoms with Crippen molar-refractivity contribution in [2.45, 2.75) is 32.1 Å². The van der Waals surface area contributed by atoms with Crippen molar-refractivity contribution in [3.05, 3.63) is 60.4 Å². The summed E-state index contributed by atoms with van der Waals surface area (Å²) in [6, 6.07) is 10.5. The minimum Gasteiger partial charge on any atom is -0.372 e. The summed E-state index contributed by atoms with van der Waals surface area (Å²) in [4.78, 5) is 8.84. The van der Waals surface area contributed by atoms with Crippen LogP contribution in [0.3, 0.4) is 0 Å². The van der Waals surface area contributed by atoms with Crippen LogP contribution in [0.4, 0.5) is 0 Å². The Hall–Kier alpha value is -2.43. The fourth-order valence-electron chi connectivity index (χ4n) is 3.27. The van der Waals surface area contributed by atoms with E-state index in [-0.39, 0.29) is 5.96 Å². The maximum absolute atomic E-state index is 5.33. The Kier molecular flexibility index (Phi) is 8.06. The van der Waals surface area contributed by atoms with Gasteiger partial charge < -0.3 is 21.3 Å². The van der Waals surface area contributed by atoms with Crippen LogP contribution in [-0.4, -0.2) is 48.5 Å².